The standard InChI is InChI=1S/C14H20N4O3/c1-3-21-14(19)13(16-8-9-17-18-15)12-6-4-11(5-7-12)10-20-2/h4-7,13,16H,3,8-10H2,1-2H3. The maximum Gasteiger partial charge on any atom is 0.327 e. The summed E-state index contributed by atoms with van der Waals surface area (Å²) in [5.74, 6) is -0.349. The maximum atomic E-state index is 12.0. The monoisotopic (exact) mass is 292 g/mol. The maximum absolute atomic E-state index is 12.0. The summed E-state index contributed by atoms with van der Waals surface area (Å²) in [7, 11) is 1.63. The van der Waals surface area contributed by atoms with E-state index in [0.717, 1.165) is 11.1 Å². The van der Waals surface area contributed by atoms with Gasteiger partial charge in [-0.25, -0.2) is 4.79 Å². The fourth-order valence-corrected chi connectivity index (χ4v) is 1.84. The summed E-state index contributed by atoms with van der Waals surface area (Å²) < 4.78 is 10.1. The third-order valence-corrected chi connectivity index (χ3v) is 2.77. The van der Waals surface area contributed by atoms with Gasteiger partial charge in [0, 0.05) is 25.1 Å². The van der Waals surface area contributed by atoms with E-state index in [2.05, 4.69) is 15.3 Å². The van der Waals surface area contributed by atoms with Crippen molar-refractivity contribution >= 4 is 5.97 Å². The smallest absolute Gasteiger partial charge is 0.327 e. The molecule has 21 heavy (non-hydrogen) atoms. The van der Waals surface area contributed by atoms with Crippen LogP contribution in [-0.4, -0.2) is 32.8 Å². The second-order valence-electron chi connectivity index (χ2n) is 4.27. The Bertz CT molecular complexity index is 483. The van der Waals surface area contributed by atoms with Gasteiger partial charge in [0.1, 0.15) is 6.04 Å². The molecule has 7 nitrogen and oxygen atoms in total. The highest BCUT2D eigenvalue weighted by molar-refractivity contribution is 5.77. The zero-order valence-corrected chi connectivity index (χ0v) is 12.3. The first-order chi connectivity index (χ1) is 10.2. The third kappa shape index (κ3) is 5.83. The van der Waals surface area contributed by atoms with E-state index in [9.17, 15) is 4.79 Å². The second kappa shape index (κ2) is 9.77. The Morgan fingerprint density at radius 3 is 2.71 bits per heavy atom. The predicted molar refractivity (Wildman–Crippen MR) is 78.5 cm³/mol. The van der Waals surface area contributed by atoms with Crippen molar-refractivity contribution in [2.24, 2.45) is 5.11 Å². The Balaban J connectivity index is 2.78. The van der Waals surface area contributed by atoms with Gasteiger partial charge in [-0.1, -0.05) is 29.4 Å². The number of ether oxygens (including phenoxy) is 2. The molecular formula is C14H20N4O3. The second-order valence-corrected chi connectivity index (χ2v) is 4.27. The molecule has 0 amide bonds. The van der Waals surface area contributed by atoms with Crippen molar-refractivity contribution in [1.29, 1.82) is 0 Å². The van der Waals surface area contributed by atoms with Crippen LogP contribution < -0.4 is 5.32 Å². The van der Waals surface area contributed by atoms with Crippen molar-refractivity contribution in [3.05, 3.63) is 45.8 Å². The molecule has 1 aromatic rings. The molecule has 0 aromatic heterocycles. The molecule has 1 aromatic carbocycles. The summed E-state index contributed by atoms with van der Waals surface area (Å²) in [6, 6.07) is 6.95. The number of rotatable bonds is 9. The van der Waals surface area contributed by atoms with Gasteiger partial charge in [-0.05, 0) is 23.6 Å². The van der Waals surface area contributed by atoms with E-state index in [1.54, 1.807) is 14.0 Å². The van der Waals surface area contributed by atoms with E-state index in [4.69, 9.17) is 15.0 Å². The fourth-order valence-electron chi connectivity index (χ4n) is 1.84. The van der Waals surface area contributed by atoms with Crippen LogP contribution in [0.4, 0.5) is 0 Å². The van der Waals surface area contributed by atoms with Gasteiger partial charge in [0.05, 0.1) is 13.2 Å². The molecule has 0 saturated heterocycles. The molecule has 0 aliphatic carbocycles. The highest BCUT2D eigenvalue weighted by Crippen LogP contribution is 2.16. The molecule has 0 aliphatic rings. The molecule has 7 heteroatoms. The van der Waals surface area contributed by atoms with E-state index >= 15 is 0 Å². The topological polar surface area (TPSA) is 96.3 Å². The number of benzene rings is 1. The van der Waals surface area contributed by atoms with Gasteiger partial charge in [-0.2, -0.15) is 0 Å². The van der Waals surface area contributed by atoms with Crippen molar-refractivity contribution in [2.75, 3.05) is 26.8 Å². The Kier molecular flexibility index (Phi) is 7.89. The summed E-state index contributed by atoms with van der Waals surface area (Å²) in [6.07, 6.45) is 0. The Hall–Kier alpha value is -2.08. The van der Waals surface area contributed by atoms with Crippen LogP contribution >= 0.6 is 0 Å². The van der Waals surface area contributed by atoms with E-state index in [1.165, 1.54) is 0 Å². The minimum Gasteiger partial charge on any atom is -0.465 e. The first-order valence-corrected chi connectivity index (χ1v) is 6.71. The molecule has 0 spiro atoms. The van der Waals surface area contributed by atoms with Crippen molar-refractivity contribution in [2.45, 2.75) is 19.6 Å². The molecule has 0 fully saturated rings. The molecule has 1 atom stereocenters. The normalized spacial score (nSPS) is 11.5. The number of esters is 1. The molecule has 1 rings (SSSR count). The van der Waals surface area contributed by atoms with Crippen LogP contribution in [0.25, 0.3) is 10.4 Å². The van der Waals surface area contributed by atoms with Gasteiger partial charge in [-0.15, -0.1) is 0 Å². The molecular weight excluding hydrogens is 272 g/mol. The molecule has 114 valence electrons. The number of methoxy groups -OCH3 is 1. The van der Waals surface area contributed by atoms with E-state index in [-0.39, 0.29) is 12.5 Å². The minimum absolute atomic E-state index is 0.272. The van der Waals surface area contributed by atoms with Crippen LogP contribution in [0, 0.1) is 0 Å². The Morgan fingerprint density at radius 1 is 1.43 bits per heavy atom. The molecule has 0 aliphatic heterocycles. The van der Waals surface area contributed by atoms with E-state index in [0.29, 0.717) is 19.8 Å². The van der Waals surface area contributed by atoms with Crippen molar-refractivity contribution in [3.63, 3.8) is 0 Å². The van der Waals surface area contributed by atoms with Crippen LogP contribution in [-0.2, 0) is 20.9 Å². The number of hydrogen-bond donors (Lipinski definition) is 1. The van der Waals surface area contributed by atoms with Crippen LogP contribution in [0.2, 0.25) is 0 Å². The van der Waals surface area contributed by atoms with Crippen LogP contribution in [0.15, 0.2) is 29.4 Å². The van der Waals surface area contributed by atoms with Gasteiger partial charge in [0.25, 0.3) is 0 Å². The number of carbonyl (C=O) groups excluding carboxylic acids is 1. The summed E-state index contributed by atoms with van der Waals surface area (Å²) >= 11 is 0. The molecule has 1 N–H and O–H groups in total. The minimum atomic E-state index is -0.574. The van der Waals surface area contributed by atoms with Gasteiger partial charge in [-0.3, -0.25) is 0 Å². The SMILES string of the molecule is CCOC(=O)C(NCCN=[N+]=[N-])c1ccc(COC)cc1. The summed E-state index contributed by atoms with van der Waals surface area (Å²) in [4.78, 5) is 14.7. The van der Waals surface area contributed by atoms with Crippen molar-refractivity contribution in [1.82, 2.24) is 5.32 Å². The highest BCUT2D eigenvalue weighted by atomic mass is 16.5. The first-order valence-electron chi connectivity index (χ1n) is 6.71. The average Bonchev–Trinajstić information content (AvgIpc) is 2.49. The molecule has 0 radical (unpaired) electrons. The van der Waals surface area contributed by atoms with Crippen LogP contribution in [0.1, 0.15) is 24.1 Å². The van der Waals surface area contributed by atoms with Gasteiger partial charge in [0.15, 0.2) is 0 Å². The van der Waals surface area contributed by atoms with Crippen LogP contribution in [0.3, 0.4) is 0 Å². The van der Waals surface area contributed by atoms with Crippen LogP contribution in [0.5, 0.6) is 0 Å². The number of nitrogens with one attached hydrogen (secondary N) is 1. The molecule has 0 saturated carbocycles. The number of nitrogens with zero attached hydrogens (tertiary/aromatic N) is 3. The Morgan fingerprint density at radius 2 is 2.14 bits per heavy atom. The average molecular weight is 292 g/mol. The zero-order valence-electron chi connectivity index (χ0n) is 12.3. The zero-order chi connectivity index (χ0) is 15.5. The van der Waals surface area contributed by atoms with Gasteiger partial charge >= 0.3 is 5.97 Å². The van der Waals surface area contributed by atoms with Gasteiger partial charge < -0.3 is 14.8 Å². The quantitative estimate of drug-likeness (QED) is 0.248. The summed E-state index contributed by atoms with van der Waals surface area (Å²) in [5.41, 5.74) is 10.1. The lowest BCUT2D eigenvalue weighted by molar-refractivity contribution is -0.145. The number of hydrogen-bond acceptors (Lipinski definition) is 5. The summed E-state index contributed by atoms with van der Waals surface area (Å²) in [6.45, 7) is 3.27. The lowest BCUT2D eigenvalue weighted by Gasteiger charge is -2.17. The Labute approximate surface area is 123 Å². The number of carbonyl (C=O) groups is 1. The summed E-state index contributed by atoms with van der Waals surface area (Å²) in [5, 5.41) is 6.47. The van der Waals surface area contributed by atoms with E-state index in [1.807, 2.05) is 24.3 Å². The molecule has 0 heterocycles. The lowest BCUT2D eigenvalue weighted by Crippen LogP contribution is -2.32. The van der Waals surface area contributed by atoms with Crippen molar-refractivity contribution in [3.8, 4) is 0 Å². The highest BCUT2D eigenvalue weighted by Gasteiger charge is 2.20. The predicted octanol–water partition coefficient (Wildman–Crippen LogP) is 2.34. The fraction of sp³-hybridized carbons (Fsp3) is 0.500. The molecule has 0 bridgehead atoms. The third-order valence-electron chi connectivity index (χ3n) is 2.77. The molecule has 1 unspecified atom stereocenters. The number of azide groups is 1. The largest absolute Gasteiger partial charge is 0.465 e. The lowest BCUT2D eigenvalue weighted by atomic mass is 10.0. The van der Waals surface area contributed by atoms with Crippen molar-refractivity contribution < 1.29 is 14.3 Å². The first kappa shape index (κ1) is 17.0. The van der Waals surface area contributed by atoms with Gasteiger partial charge in [0.2, 0.25) is 0 Å². The van der Waals surface area contributed by atoms with E-state index < -0.39 is 6.04 Å².